The van der Waals surface area contributed by atoms with Crippen LogP contribution in [0.5, 0.6) is 0 Å². The van der Waals surface area contributed by atoms with Crippen LogP contribution in [0, 0.1) is 0 Å². The van der Waals surface area contributed by atoms with Crippen molar-refractivity contribution in [3.8, 4) is 0 Å². The number of aromatic amines is 1. The maximum absolute atomic E-state index is 11.8. The molecular formula is C16H27N5O12P2. The number of nitrogens with two attached hydrogens (primary N) is 1. The SMILES string of the molecule is CC(O)C(O)C(O)C(O)C=O.Nc1nc2c(ncn2[C@@H]2O[C@H](COPOPO)[C@@H](O)[C@H]2O)c(=O)[nH]1. The Bertz CT molecular complexity index is 1010. The number of nitrogen functional groups attached to an aromatic ring is 1. The number of anilines is 1. The van der Waals surface area contributed by atoms with Crippen LogP contribution in [0.4, 0.5) is 5.95 Å². The second kappa shape index (κ2) is 13.5. The zero-order chi connectivity index (χ0) is 26.3. The summed E-state index contributed by atoms with van der Waals surface area (Å²) in [4.78, 5) is 40.4. The van der Waals surface area contributed by atoms with Gasteiger partial charge in [0, 0.05) is 0 Å². The Morgan fingerprint density at radius 1 is 1.29 bits per heavy atom. The lowest BCUT2D eigenvalue weighted by Gasteiger charge is -2.21. The molecule has 2 aromatic heterocycles. The van der Waals surface area contributed by atoms with E-state index in [0.29, 0.717) is 0 Å². The van der Waals surface area contributed by atoms with Crippen LogP contribution in [-0.4, -0.2) is 111 Å². The van der Waals surface area contributed by atoms with Gasteiger partial charge in [-0.1, -0.05) is 0 Å². The van der Waals surface area contributed by atoms with Crippen molar-refractivity contribution in [2.45, 2.75) is 55.9 Å². The summed E-state index contributed by atoms with van der Waals surface area (Å²) < 4.78 is 16.7. The molecule has 198 valence electrons. The average molecular weight is 543 g/mol. The molecule has 0 spiro atoms. The van der Waals surface area contributed by atoms with E-state index in [0.717, 1.165) is 0 Å². The number of aliphatic hydroxyl groups excluding tert-OH is 6. The molecule has 0 aromatic carbocycles. The van der Waals surface area contributed by atoms with Crippen molar-refractivity contribution in [3.05, 3.63) is 16.7 Å². The second-order valence-corrected chi connectivity index (χ2v) is 8.71. The Labute approximate surface area is 200 Å². The highest BCUT2D eigenvalue weighted by Gasteiger charge is 2.44. The van der Waals surface area contributed by atoms with Gasteiger partial charge in [-0.3, -0.25) is 18.7 Å². The second-order valence-electron chi connectivity index (χ2n) is 7.26. The fourth-order valence-corrected chi connectivity index (χ4v) is 3.58. The summed E-state index contributed by atoms with van der Waals surface area (Å²) in [5.74, 6) is -0.106. The predicted octanol–water partition coefficient (Wildman–Crippen LogP) is -3.99. The minimum Gasteiger partial charge on any atom is -0.391 e. The van der Waals surface area contributed by atoms with Crippen molar-refractivity contribution >= 4 is 41.5 Å². The number of aliphatic hydroxyl groups is 6. The molecular weight excluding hydrogens is 516 g/mol. The van der Waals surface area contributed by atoms with E-state index in [1.54, 1.807) is 0 Å². The highest BCUT2D eigenvalue weighted by atomic mass is 31.2. The molecule has 35 heavy (non-hydrogen) atoms. The highest BCUT2D eigenvalue weighted by molar-refractivity contribution is 7.40. The van der Waals surface area contributed by atoms with Crippen molar-refractivity contribution in [2.24, 2.45) is 0 Å². The molecule has 6 unspecified atom stereocenters. The number of aromatic nitrogens is 4. The maximum atomic E-state index is 11.8. The van der Waals surface area contributed by atoms with Gasteiger partial charge in [0.15, 0.2) is 41.7 Å². The quantitative estimate of drug-likeness (QED) is 0.0785. The summed E-state index contributed by atoms with van der Waals surface area (Å²) >= 11 is 0. The van der Waals surface area contributed by atoms with Crippen LogP contribution in [0.3, 0.4) is 0 Å². The van der Waals surface area contributed by atoms with E-state index in [1.165, 1.54) is 17.8 Å². The third-order valence-electron chi connectivity index (χ3n) is 4.79. The lowest BCUT2D eigenvalue weighted by atomic mass is 10.1. The van der Waals surface area contributed by atoms with Crippen LogP contribution in [0.15, 0.2) is 11.1 Å². The minimum atomic E-state index is -1.65. The molecule has 10 N–H and O–H groups in total. The van der Waals surface area contributed by atoms with E-state index < -0.39 is 72.6 Å². The zero-order valence-corrected chi connectivity index (χ0v) is 20.1. The molecule has 2 aromatic rings. The lowest BCUT2D eigenvalue weighted by molar-refractivity contribution is -0.132. The van der Waals surface area contributed by atoms with E-state index in [2.05, 4.69) is 19.3 Å². The number of hydrogen-bond acceptors (Lipinski definition) is 15. The van der Waals surface area contributed by atoms with Gasteiger partial charge in [-0.05, 0) is 6.92 Å². The third-order valence-corrected chi connectivity index (χ3v) is 5.77. The first-order chi connectivity index (χ1) is 16.5. The van der Waals surface area contributed by atoms with E-state index in [9.17, 15) is 19.8 Å². The number of rotatable bonds is 10. The first-order valence-corrected chi connectivity index (χ1v) is 11.5. The van der Waals surface area contributed by atoms with Gasteiger partial charge >= 0.3 is 0 Å². The molecule has 3 rings (SSSR count). The largest absolute Gasteiger partial charge is 0.391 e. The van der Waals surface area contributed by atoms with Gasteiger partial charge in [0.2, 0.25) is 5.95 Å². The molecule has 0 amide bonds. The Kier molecular flexibility index (Phi) is 11.4. The standard InChI is InChI=1S/C10H15N5O7P2.C6H12O5/c11-10-13-7-4(8(18)14-10)12-2-15(7)9-6(17)5(16)3(21-9)1-20-24-22-23-19;1-3(8)5(10)6(11)4(9)2-7/h2-3,5-6,9,16-17,19,23-24H,1H2,(H3,11,13,14,18);2-6,8-11H,1H3/t3-,5-,6-,9-;/m1./s1. The van der Waals surface area contributed by atoms with Crippen molar-refractivity contribution in [3.63, 3.8) is 0 Å². The molecule has 0 radical (unpaired) electrons. The van der Waals surface area contributed by atoms with Crippen LogP contribution in [0.2, 0.25) is 0 Å². The molecule has 1 aliphatic heterocycles. The van der Waals surface area contributed by atoms with Gasteiger partial charge < -0.3 is 55.3 Å². The highest BCUT2D eigenvalue weighted by Crippen LogP contribution is 2.33. The zero-order valence-electron chi connectivity index (χ0n) is 18.1. The topological polar surface area (TPSA) is 276 Å². The average Bonchev–Trinajstić information content (AvgIpc) is 3.36. The van der Waals surface area contributed by atoms with Crippen molar-refractivity contribution in [1.29, 1.82) is 0 Å². The maximum Gasteiger partial charge on any atom is 0.280 e. The van der Waals surface area contributed by atoms with Crippen LogP contribution in [0.1, 0.15) is 13.2 Å². The Hall–Kier alpha value is -1.72. The monoisotopic (exact) mass is 543 g/mol. The van der Waals surface area contributed by atoms with Crippen LogP contribution in [0.25, 0.3) is 11.2 Å². The molecule has 1 saturated heterocycles. The summed E-state index contributed by atoms with van der Waals surface area (Å²) in [5, 5.41) is 55.4. The summed E-state index contributed by atoms with van der Waals surface area (Å²) in [7, 11) is -1.12. The summed E-state index contributed by atoms with van der Waals surface area (Å²) in [6.07, 6.45) is -8.97. The van der Waals surface area contributed by atoms with Gasteiger partial charge in [0.05, 0.1) is 19.0 Å². The number of carbonyl (C=O) groups is 1. The molecule has 3 heterocycles. The number of carbonyl (C=O) groups excluding carboxylic acids is 1. The first-order valence-electron chi connectivity index (χ1n) is 9.86. The fraction of sp³-hybridized carbons (Fsp3) is 0.625. The third kappa shape index (κ3) is 7.39. The number of imidazole rings is 1. The molecule has 1 fully saturated rings. The molecule has 0 aliphatic carbocycles. The number of nitrogens with zero attached hydrogens (tertiary/aromatic N) is 3. The van der Waals surface area contributed by atoms with Crippen LogP contribution >= 0.6 is 18.1 Å². The number of hydrogen-bond donors (Lipinski definition) is 9. The Morgan fingerprint density at radius 2 is 1.97 bits per heavy atom. The Balaban J connectivity index is 0.000000334. The molecule has 10 atom stereocenters. The fourth-order valence-electron chi connectivity index (χ4n) is 2.96. The molecule has 19 heteroatoms. The summed E-state index contributed by atoms with van der Waals surface area (Å²) in [6.45, 7) is 1.19. The number of fused-ring (bicyclic) bond motifs is 1. The lowest BCUT2D eigenvalue weighted by Crippen LogP contribution is -2.43. The predicted molar refractivity (Wildman–Crippen MR) is 120 cm³/mol. The van der Waals surface area contributed by atoms with Gasteiger partial charge in [0.1, 0.15) is 36.6 Å². The van der Waals surface area contributed by atoms with Gasteiger partial charge in [-0.2, -0.15) is 4.98 Å². The van der Waals surface area contributed by atoms with E-state index in [4.69, 9.17) is 40.3 Å². The molecule has 1 aliphatic rings. The molecule has 0 saturated carbocycles. The van der Waals surface area contributed by atoms with Crippen molar-refractivity contribution < 1.29 is 53.9 Å². The first kappa shape index (κ1) is 29.5. The smallest absolute Gasteiger partial charge is 0.280 e. The van der Waals surface area contributed by atoms with Crippen molar-refractivity contribution in [1.82, 2.24) is 19.5 Å². The van der Waals surface area contributed by atoms with Crippen LogP contribution < -0.4 is 11.3 Å². The van der Waals surface area contributed by atoms with E-state index in [1.807, 2.05) is 0 Å². The number of nitrogens with one attached hydrogen (secondary N) is 1. The minimum absolute atomic E-state index is 0.0352. The van der Waals surface area contributed by atoms with Crippen molar-refractivity contribution in [2.75, 3.05) is 12.3 Å². The Morgan fingerprint density at radius 3 is 2.57 bits per heavy atom. The number of aldehydes is 1. The van der Waals surface area contributed by atoms with Gasteiger partial charge in [0.25, 0.3) is 5.56 Å². The van der Waals surface area contributed by atoms with E-state index >= 15 is 0 Å². The van der Waals surface area contributed by atoms with Gasteiger partial charge in [-0.25, -0.2) is 4.98 Å². The molecule has 17 nitrogen and oxygen atoms in total. The summed E-state index contributed by atoms with van der Waals surface area (Å²) in [5.41, 5.74) is 5.16. The van der Waals surface area contributed by atoms with E-state index in [-0.39, 0.29) is 30.0 Å². The number of ether oxygens (including phenoxy) is 1. The normalized spacial score (nSPS) is 26.2. The summed E-state index contributed by atoms with van der Waals surface area (Å²) in [6, 6.07) is 0. The van der Waals surface area contributed by atoms with Gasteiger partial charge in [-0.15, -0.1) is 0 Å². The number of H-pyrrole nitrogens is 1. The van der Waals surface area contributed by atoms with Crippen LogP contribution in [-0.2, 0) is 18.4 Å². The molecule has 0 bridgehead atoms.